The van der Waals surface area contributed by atoms with E-state index in [-0.39, 0.29) is 24.2 Å². The zero-order valence-corrected chi connectivity index (χ0v) is 18.2. The largest absolute Gasteiger partial charge is 0.336 e. The third-order valence-electron chi connectivity index (χ3n) is 5.74. The molecule has 34 heavy (non-hydrogen) atoms. The summed E-state index contributed by atoms with van der Waals surface area (Å²) in [6, 6.07) is 20.4. The molecule has 0 bridgehead atoms. The van der Waals surface area contributed by atoms with Crippen molar-refractivity contribution in [3.63, 3.8) is 0 Å². The quantitative estimate of drug-likeness (QED) is 0.497. The minimum atomic E-state index is -0.416. The molecule has 0 atom stereocenters. The fourth-order valence-electron chi connectivity index (χ4n) is 3.93. The molecule has 9 heteroatoms. The van der Waals surface area contributed by atoms with Crippen LogP contribution in [0, 0.1) is 5.82 Å². The van der Waals surface area contributed by atoms with Crippen LogP contribution in [0.15, 0.2) is 72.8 Å². The van der Waals surface area contributed by atoms with E-state index in [0.29, 0.717) is 29.9 Å². The molecule has 0 radical (unpaired) electrons. The van der Waals surface area contributed by atoms with Gasteiger partial charge in [-0.3, -0.25) is 9.59 Å². The van der Waals surface area contributed by atoms with Gasteiger partial charge in [0.15, 0.2) is 0 Å². The van der Waals surface area contributed by atoms with Crippen molar-refractivity contribution in [3.8, 4) is 11.4 Å². The number of halogens is 1. The Balaban J connectivity index is 1.29. The Bertz CT molecular complexity index is 1350. The summed E-state index contributed by atoms with van der Waals surface area (Å²) in [5.74, 6) is -0.607. The summed E-state index contributed by atoms with van der Waals surface area (Å²) >= 11 is 0. The molecule has 4 aromatic rings. The zero-order chi connectivity index (χ0) is 23.5. The number of tetrazole rings is 1. The number of carbonyl (C=O) groups is 2. The second kappa shape index (κ2) is 9.22. The van der Waals surface area contributed by atoms with Gasteiger partial charge in [0.05, 0.1) is 5.69 Å². The van der Waals surface area contributed by atoms with E-state index >= 15 is 0 Å². The second-order valence-electron chi connectivity index (χ2n) is 7.98. The molecule has 2 amide bonds. The van der Waals surface area contributed by atoms with E-state index in [1.165, 1.54) is 34.6 Å². The van der Waals surface area contributed by atoms with Gasteiger partial charge in [0.25, 0.3) is 5.91 Å². The smallest absolute Gasteiger partial charge is 0.255 e. The van der Waals surface area contributed by atoms with Gasteiger partial charge in [-0.25, -0.2) is 4.39 Å². The van der Waals surface area contributed by atoms with Gasteiger partial charge >= 0.3 is 0 Å². The summed E-state index contributed by atoms with van der Waals surface area (Å²) in [7, 11) is 0. The standard InChI is InChI=1S/C25H21FN6O2/c26-20-11-9-18(10-12-20)25(34)27-22-8-4-3-7-21(22)24-28-30-32(29-24)16-23(33)31-14-13-17-5-1-2-6-19(17)15-31/h1-12H,13-16H2,(H,27,34). The topological polar surface area (TPSA) is 93.0 Å². The third-order valence-corrected chi connectivity index (χ3v) is 5.74. The molecule has 8 nitrogen and oxygen atoms in total. The predicted molar refractivity (Wildman–Crippen MR) is 123 cm³/mol. The lowest BCUT2D eigenvalue weighted by atomic mass is 10.00. The summed E-state index contributed by atoms with van der Waals surface area (Å²) in [4.78, 5) is 28.5. The molecule has 1 N–H and O–H groups in total. The minimum absolute atomic E-state index is 0.0285. The highest BCUT2D eigenvalue weighted by atomic mass is 19.1. The van der Waals surface area contributed by atoms with Gasteiger partial charge in [-0.1, -0.05) is 36.4 Å². The van der Waals surface area contributed by atoms with Crippen LogP contribution in [0.3, 0.4) is 0 Å². The van der Waals surface area contributed by atoms with E-state index in [1.54, 1.807) is 29.2 Å². The maximum absolute atomic E-state index is 13.2. The Labute approximate surface area is 195 Å². The molecule has 5 rings (SSSR count). The van der Waals surface area contributed by atoms with Gasteiger partial charge in [-0.2, -0.15) is 4.80 Å². The number of rotatable bonds is 5. The lowest BCUT2D eigenvalue weighted by Crippen LogP contribution is -2.38. The fraction of sp³-hybridized carbons (Fsp3) is 0.160. The van der Waals surface area contributed by atoms with Crippen molar-refractivity contribution in [2.24, 2.45) is 0 Å². The number of hydrogen-bond acceptors (Lipinski definition) is 5. The van der Waals surface area contributed by atoms with Crippen LogP contribution in [-0.4, -0.2) is 43.5 Å². The van der Waals surface area contributed by atoms with Crippen molar-refractivity contribution in [2.75, 3.05) is 11.9 Å². The third kappa shape index (κ3) is 4.54. The first-order valence-corrected chi connectivity index (χ1v) is 10.9. The number of fused-ring (bicyclic) bond motifs is 1. The Morgan fingerprint density at radius 3 is 2.50 bits per heavy atom. The normalized spacial score (nSPS) is 12.8. The van der Waals surface area contributed by atoms with Crippen LogP contribution in [0.5, 0.6) is 0 Å². The molecule has 1 aromatic heterocycles. The fourth-order valence-corrected chi connectivity index (χ4v) is 3.93. The molecule has 0 spiro atoms. The maximum atomic E-state index is 13.2. The summed E-state index contributed by atoms with van der Waals surface area (Å²) in [6.07, 6.45) is 0.819. The minimum Gasteiger partial charge on any atom is -0.336 e. The van der Waals surface area contributed by atoms with Gasteiger partial charge in [0, 0.05) is 24.2 Å². The van der Waals surface area contributed by atoms with Crippen LogP contribution in [0.1, 0.15) is 21.5 Å². The molecule has 1 aliphatic heterocycles. The maximum Gasteiger partial charge on any atom is 0.255 e. The molecule has 0 saturated heterocycles. The number of nitrogens with zero attached hydrogens (tertiary/aromatic N) is 5. The van der Waals surface area contributed by atoms with E-state index in [9.17, 15) is 14.0 Å². The lowest BCUT2D eigenvalue weighted by Gasteiger charge is -2.28. The van der Waals surface area contributed by atoms with Crippen molar-refractivity contribution in [3.05, 3.63) is 95.3 Å². The predicted octanol–water partition coefficient (Wildman–Crippen LogP) is 3.32. The number of nitrogens with one attached hydrogen (secondary N) is 1. The number of para-hydroxylation sites is 1. The van der Waals surface area contributed by atoms with E-state index in [1.807, 2.05) is 18.2 Å². The van der Waals surface area contributed by atoms with Crippen LogP contribution in [0.25, 0.3) is 11.4 Å². The lowest BCUT2D eigenvalue weighted by molar-refractivity contribution is -0.133. The number of amides is 2. The van der Waals surface area contributed by atoms with Crippen molar-refractivity contribution >= 4 is 17.5 Å². The summed E-state index contributed by atoms with van der Waals surface area (Å²) < 4.78 is 13.2. The van der Waals surface area contributed by atoms with Gasteiger partial charge in [0.1, 0.15) is 12.4 Å². The molecule has 3 aromatic carbocycles. The Morgan fingerprint density at radius 2 is 1.68 bits per heavy atom. The number of hydrogen-bond donors (Lipinski definition) is 1. The molecule has 0 unspecified atom stereocenters. The average molecular weight is 456 g/mol. The molecule has 170 valence electrons. The monoisotopic (exact) mass is 456 g/mol. The van der Waals surface area contributed by atoms with Crippen molar-refractivity contribution in [1.29, 1.82) is 0 Å². The number of aromatic nitrogens is 4. The van der Waals surface area contributed by atoms with Gasteiger partial charge in [-0.15, -0.1) is 10.2 Å². The summed E-state index contributed by atoms with van der Waals surface area (Å²) in [6.45, 7) is 1.18. The highest BCUT2D eigenvalue weighted by molar-refractivity contribution is 6.06. The molecule has 0 aliphatic carbocycles. The summed E-state index contributed by atoms with van der Waals surface area (Å²) in [5, 5.41) is 15.3. The summed E-state index contributed by atoms with van der Waals surface area (Å²) in [5.41, 5.74) is 3.78. The Morgan fingerprint density at radius 1 is 0.941 bits per heavy atom. The first-order chi connectivity index (χ1) is 16.6. The Kier molecular flexibility index (Phi) is 5.82. The highest BCUT2D eigenvalue weighted by Crippen LogP contribution is 2.25. The molecule has 0 fully saturated rings. The molecular weight excluding hydrogens is 435 g/mol. The van der Waals surface area contributed by atoms with E-state index in [2.05, 4.69) is 26.8 Å². The number of anilines is 1. The molecule has 0 saturated carbocycles. The van der Waals surface area contributed by atoms with Crippen molar-refractivity contribution in [1.82, 2.24) is 25.1 Å². The average Bonchev–Trinajstić information content (AvgIpc) is 3.32. The second-order valence-corrected chi connectivity index (χ2v) is 7.98. The number of benzene rings is 3. The molecule has 2 heterocycles. The van der Waals surface area contributed by atoms with Crippen LogP contribution in [0.2, 0.25) is 0 Å². The first-order valence-electron chi connectivity index (χ1n) is 10.9. The van der Waals surface area contributed by atoms with Gasteiger partial charge in [0.2, 0.25) is 11.7 Å². The van der Waals surface area contributed by atoms with Crippen LogP contribution in [0.4, 0.5) is 10.1 Å². The van der Waals surface area contributed by atoms with E-state index < -0.39 is 5.82 Å². The molecule has 1 aliphatic rings. The van der Waals surface area contributed by atoms with Crippen LogP contribution < -0.4 is 5.32 Å². The van der Waals surface area contributed by atoms with Crippen LogP contribution in [-0.2, 0) is 24.3 Å². The Hall–Kier alpha value is -4.40. The van der Waals surface area contributed by atoms with E-state index in [0.717, 1.165) is 12.0 Å². The highest BCUT2D eigenvalue weighted by Gasteiger charge is 2.22. The van der Waals surface area contributed by atoms with Crippen molar-refractivity contribution in [2.45, 2.75) is 19.5 Å². The SMILES string of the molecule is O=C(Nc1ccccc1-c1nnn(CC(=O)N2CCc3ccccc3C2)n1)c1ccc(F)cc1. The van der Waals surface area contributed by atoms with E-state index in [4.69, 9.17) is 0 Å². The van der Waals surface area contributed by atoms with Gasteiger partial charge in [-0.05, 0) is 59.2 Å². The first kappa shape index (κ1) is 21.4. The zero-order valence-electron chi connectivity index (χ0n) is 18.2. The van der Waals surface area contributed by atoms with Crippen molar-refractivity contribution < 1.29 is 14.0 Å². The molecular formula is C25H21FN6O2. The van der Waals surface area contributed by atoms with Gasteiger partial charge < -0.3 is 10.2 Å². The number of carbonyl (C=O) groups excluding carboxylic acids is 2. The van der Waals surface area contributed by atoms with Crippen LogP contribution >= 0.6 is 0 Å².